The number of benzene rings is 1. The Kier molecular flexibility index (Phi) is 5.51. The maximum atomic E-state index is 11.8. The van der Waals surface area contributed by atoms with Crippen LogP contribution >= 0.6 is 23.4 Å². The maximum Gasteiger partial charge on any atom is 0.409 e. The van der Waals surface area contributed by atoms with Crippen molar-refractivity contribution < 1.29 is 9.53 Å². The minimum atomic E-state index is -0.249. The molecule has 1 aromatic rings. The van der Waals surface area contributed by atoms with Crippen LogP contribution < -0.4 is 0 Å². The molecule has 146 valence electrons. The first-order chi connectivity index (χ1) is 13.6. The van der Waals surface area contributed by atoms with Crippen molar-refractivity contribution >= 4 is 29.5 Å². The maximum absolute atomic E-state index is 11.8. The predicted molar refractivity (Wildman–Crippen MR) is 111 cm³/mol. The van der Waals surface area contributed by atoms with Crippen molar-refractivity contribution in [2.75, 3.05) is 20.2 Å². The summed E-state index contributed by atoms with van der Waals surface area (Å²) in [7, 11) is 3.45. The number of fused-ring (bicyclic) bond motifs is 1. The van der Waals surface area contributed by atoms with Crippen LogP contribution in [-0.4, -0.2) is 40.7 Å². The molecule has 1 amide bonds. The molecule has 0 aliphatic carbocycles. The Labute approximate surface area is 174 Å². The number of pyridine rings is 1. The fourth-order valence-corrected chi connectivity index (χ4v) is 4.91. The topological polar surface area (TPSA) is 47.4 Å². The van der Waals surface area contributed by atoms with Crippen molar-refractivity contribution in [3.05, 3.63) is 53.3 Å². The van der Waals surface area contributed by atoms with E-state index in [0.29, 0.717) is 19.0 Å². The molecule has 0 unspecified atom stereocenters. The number of piperidine rings is 1. The molecular formula is C21H22ClN3O2S. The third-order valence-electron chi connectivity index (χ3n) is 5.20. The van der Waals surface area contributed by atoms with Crippen molar-refractivity contribution in [2.24, 2.45) is 7.05 Å². The Morgan fingerprint density at radius 1 is 1.21 bits per heavy atom. The van der Waals surface area contributed by atoms with E-state index in [0.717, 1.165) is 39.8 Å². The first-order valence-corrected chi connectivity index (χ1v) is 10.5. The molecule has 3 aliphatic heterocycles. The summed E-state index contributed by atoms with van der Waals surface area (Å²) >= 11 is 7.78. The van der Waals surface area contributed by atoms with Crippen LogP contribution in [0.25, 0.3) is 11.4 Å². The zero-order valence-corrected chi connectivity index (χ0v) is 17.5. The van der Waals surface area contributed by atoms with E-state index in [1.807, 2.05) is 37.5 Å². The Bertz CT molecular complexity index is 949. The summed E-state index contributed by atoms with van der Waals surface area (Å²) in [6.45, 7) is 1.38. The van der Waals surface area contributed by atoms with Crippen molar-refractivity contribution in [3.8, 4) is 11.4 Å². The zero-order valence-electron chi connectivity index (χ0n) is 15.9. The number of aryl methyl sites for hydroxylation is 1. The highest BCUT2D eigenvalue weighted by Crippen LogP contribution is 2.44. The number of carbonyl (C=O) groups is 1. The number of halogens is 1. The van der Waals surface area contributed by atoms with Crippen LogP contribution in [0.4, 0.5) is 4.79 Å². The molecule has 0 radical (unpaired) electrons. The second kappa shape index (κ2) is 8.05. The molecule has 5 nitrogen and oxygen atoms in total. The lowest BCUT2D eigenvalue weighted by Gasteiger charge is -2.30. The average molecular weight is 416 g/mol. The van der Waals surface area contributed by atoms with Gasteiger partial charge in [0, 0.05) is 52.6 Å². The molecular weight excluding hydrogens is 394 g/mol. The van der Waals surface area contributed by atoms with Gasteiger partial charge in [0.1, 0.15) is 5.82 Å². The van der Waals surface area contributed by atoms with Crippen molar-refractivity contribution in [2.45, 2.75) is 28.6 Å². The van der Waals surface area contributed by atoms with E-state index >= 15 is 0 Å². The highest BCUT2D eigenvalue weighted by molar-refractivity contribution is 7.99. The number of hydrogen-bond acceptors (Lipinski definition) is 4. The third kappa shape index (κ3) is 3.71. The Hall–Kier alpha value is -2.18. The highest BCUT2D eigenvalue weighted by atomic mass is 35.5. The fourth-order valence-electron chi connectivity index (χ4n) is 3.69. The van der Waals surface area contributed by atoms with Crippen LogP contribution in [0.1, 0.15) is 24.5 Å². The zero-order chi connectivity index (χ0) is 19.7. The molecule has 0 N–H and O–H groups in total. The molecule has 0 spiro atoms. The summed E-state index contributed by atoms with van der Waals surface area (Å²) < 4.78 is 6.92. The summed E-state index contributed by atoms with van der Waals surface area (Å²) in [5, 5.41) is 0.733. The largest absolute Gasteiger partial charge is 0.453 e. The van der Waals surface area contributed by atoms with Gasteiger partial charge in [-0.15, -0.1) is 0 Å². The number of nitrogens with zero attached hydrogens (tertiary/aromatic N) is 3. The van der Waals surface area contributed by atoms with Crippen molar-refractivity contribution in [1.29, 1.82) is 0 Å². The summed E-state index contributed by atoms with van der Waals surface area (Å²) in [5.74, 6) is 1.31. The van der Waals surface area contributed by atoms with Crippen LogP contribution in [0.2, 0.25) is 5.02 Å². The van der Waals surface area contributed by atoms with E-state index in [1.165, 1.54) is 12.0 Å². The normalized spacial score (nSPS) is 15.2. The Balaban J connectivity index is 1.67. The lowest BCUT2D eigenvalue weighted by Crippen LogP contribution is -2.37. The second-order valence-electron chi connectivity index (χ2n) is 6.97. The van der Waals surface area contributed by atoms with Crippen LogP contribution in [0, 0.1) is 0 Å². The van der Waals surface area contributed by atoms with Gasteiger partial charge in [-0.2, -0.15) is 0 Å². The van der Waals surface area contributed by atoms with Gasteiger partial charge in [0.2, 0.25) is 0 Å². The monoisotopic (exact) mass is 415 g/mol. The van der Waals surface area contributed by atoms with Crippen molar-refractivity contribution in [3.63, 3.8) is 0 Å². The molecule has 28 heavy (non-hydrogen) atoms. The highest BCUT2D eigenvalue weighted by Gasteiger charge is 2.30. The van der Waals surface area contributed by atoms with Gasteiger partial charge in [0.15, 0.2) is 0 Å². The van der Waals surface area contributed by atoms with E-state index in [9.17, 15) is 4.79 Å². The lowest BCUT2D eigenvalue weighted by molar-refractivity contribution is 0.112. The molecule has 0 saturated carbocycles. The molecule has 1 saturated heterocycles. The van der Waals surface area contributed by atoms with Crippen molar-refractivity contribution in [1.82, 2.24) is 14.5 Å². The van der Waals surface area contributed by atoms with Crippen LogP contribution in [0.5, 0.6) is 0 Å². The summed E-state index contributed by atoms with van der Waals surface area (Å²) in [5.41, 5.74) is 2.29. The van der Waals surface area contributed by atoms with E-state index in [2.05, 4.69) is 16.7 Å². The average Bonchev–Trinajstić information content (AvgIpc) is 3.09. The first-order valence-electron chi connectivity index (χ1n) is 9.28. The molecule has 0 bridgehead atoms. The van der Waals surface area contributed by atoms with Gasteiger partial charge >= 0.3 is 6.09 Å². The number of likely N-dealkylation sites (tertiary alicyclic amines) is 1. The quantitative estimate of drug-likeness (QED) is 0.584. The van der Waals surface area contributed by atoms with Gasteiger partial charge in [-0.05, 0) is 49.2 Å². The standard InChI is InChI=1S/C21H22ClN3O2S/c1-24-11-3-4-17-19(28-16-7-5-15(22)6-8-16)18(23-20(17)24)14-9-12-25(13-10-14)21(26)27-2/h3-8,11,14H,9-10,12-13H2,1-2H3. The van der Waals surface area contributed by atoms with Crippen LogP contribution in [0.3, 0.4) is 0 Å². The summed E-state index contributed by atoms with van der Waals surface area (Å²) in [6, 6.07) is 12.1. The first kappa shape index (κ1) is 19.2. The van der Waals surface area contributed by atoms with Gasteiger partial charge < -0.3 is 14.2 Å². The number of rotatable bonds is 3. The Morgan fingerprint density at radius 2 is 1.93 bits per heavy atom. The molecule has 7 heteroatoms. The predicted octanol–water partition coefficient (Wildman–Crippen LogP) is 5.28. The van der Waals surface area contributed by atoms with Gasteiger partial charge in [-0.1, -0.05) is 23.4 Å². The SMILES string of the molecule is COC(=O)N1CCC(c2nc3n(C)cccc-3c2Sc2ccc(Cl)cc2)CC1. The van der Waals surface area contributed by atoms with Gasteiger partial charge in [0.25, 0.3) is 0 Å². The van der Waals surface area contributed by atoms with Crippen LogP contribution in [-0.2, 0) is 11.8 Å². The number of carbonyl (C=O) groups excluding carboxylic acids is 1. The molecule has 0 aromatic heterocycles. The van der Waals surface area contributed by atoms with Crippen LogP contribution in [0.15, 0.2) is 52.4 Å². The number of amides is 1. The second-order valence-corrected chi connectivity index (χ2v) is 8.49. The number of methoxy groups -OCH3 is 1. The summed E-state index contributed by atoms with van der Waals surface area (Å²) in [4.78, 5) is 20.9. The van der Waals surface area contributed by atoms with E-state index < -0.39 is 0 Å². The smallest absolute Gasteiger partial charge is 0.409 e. The van der Waals surface area contributed by atoms with Gasteiger partial charge in [-0.25, -0.2) is 9.78 Å². The number of ether oxygens (including phenoxy) is 1. The van der Waals surface area contributed by atoms with Gasteiger partial charge in [-0.3, -0.25) is 0 Å². The molecule has 0 atom stereocenters. The van der Waals surface area contributed by atoms with E-state index in [-0.39, 0.29) is 6.09 Å². The minimum Gasteiger partial charge on any atom is -0.453 e. The lowest BCUT2D eigenvalue weighted by atomic mass is 9.93. The third-order valence-corrected chi connectivity index (χ3v) is 6.59. The number of hydrogen-bond donors (Lipinski definition) is 0. The fraction of sp³-hybridized carbons (Fsp3) is 0.333. The Morgan fingerprint density at radius 3 is 2.61 bits per heavy atom. The van der Waals surface area contributed by atoms with Gasteiger partial charge in [0.05, 0.1) is 12.8 Å². The molecule has 1 aromatic carbocycles. The van der Waals surface area contributed by atoms with E-state index in [1.54, 1.807) is 16.7 Å². The molecule has 4 rings (SSSR count). The summed E-state index contributed by atoms with van der Waals surface area (Å²) in [6.07, 6.45) is 3.55. The number of aromatic nitrogens is 2. The minimum absolute atomic E-state index is 0.249. The van der Waals surface area contributed by atoms with E-state index in [4.69, 9.17) is 21.3 Å². The molecule has 1 fully saturated rings. The molecule has 3 aliphatic rings. The molecule has 3 heterocycles.